The summed E-state index contributed by atoms with van der Waals surface area (Å²) in [5.41, 5.74) is 7.77. The van der Waals surface area contributed by atoms with Crippen molar-refractivity contribution in [3.63, 3.8) is 0 Å². The summed E-state index contributed by atoms with van der Waals surface area (Å²) in [6, 6.07) is 1.75. The van der Waals surface area contributed by atoms with Crippen molar-refractivity contribution in [1.82, 2.24) is 0 Å². The predicted octanol–water partition coefficient (Wildman–Crippen LogP) is 3.20. The lowest BCUT2D eigenvalue weighted by molar-refractivity contribution is -0.118. The molecule has 1 amide bonds. The molecule has 1 aliphatic carbocycles. The molecule has 0 radical (unpaired) electrons. The van der Waals surface area contributed by atoms with Crippen molar-refractivity contribution in [3.05, 3.63) is 16.0 Å². The second kappa shape index (κ2) is 7.06. The monoisotopic (exact) mass is 305 g/mol. The van der Waals surface area contributed by atoms with Crippen molar-refractivity contribution in [3.8, 4) is 6.07 Å². The van der Waals surface area contributed by atoms with E-state index in [1.54, 1.807) is 11.3 Å². The van der Waals surface area contributed by atoms with E-state index in [2.05, 4.69) is 11.4 Å². The van der Waals surface area contributed by atoms with Gasteiger partial charge in [-0.1, -0.05) is 26.7 Å². The van der Waals surface area contributed by atoms with Gasteiger partial charge in [-0.15, -0.1) is 11.3 Å². The fourth-order valence-corrected chi connectivity index (χ4v) is 3.90. The molecule has 1 aromatic rings. The maximum Gasteiger partial charge on any atom is 0.242 e. The first-order valence-electron chi connectivity index (χ1n) is 7.69. The third-order valence-corrected chi connectivity index (χ3v) is 5.54. The Labute approximate surface area is 130 Å². The van der Waals surface area contributed by atoms with E-state index >= 15 is 0 Å². The molecule has 0 saturated heterocycles. The Hall–Kier alpha value is -1.38. The van der Waals surface area contributed by atoms with Crippen LogP contribution in [0.25, 0.3) is 0 Å². The number of carbonyl (C=O) groups excluding carboxylic acids is 1. The van der Waals surface area contributed by atoms with Crippen LogP contribution in [0.1, 0.15) is 55.5 Å². The number of fused-ring (bicyclic) bond motifs is 1. The topological polar surface area (TPSA) is 78.9 Å². The van der Waals surface area contributed by atoms with Crippen LogP contribution >= 0.6 is 11.3 Å². The van der Waals surface area contributed by atoms with Gasteiger partial charge in [-0.2, -0.15) is 5.26 Å². The summed E-state index contributed by atoms with van der Waals surface area (Å²) in [7, 11) is 0. The van der Waals surface area contributed by atoms with Crippen LogP contribution in [0.15, 0.2) is 0 Å². The molecule has 1 aromatic heterocycles. The molecular formula is C16H23N3OS. The summed E-state index contributed by atoms with van der Waals surface area (Å²) in [5, 5.41) is 13.0. The number of rotatable bonds is 4. The normalized spacial score (nSPS) is 17.2. The van der Waals surface area contributed by atoms with Crippen molar-refractivity contribution in [2.24, 2.45) is 11.7 Å². The number of aryl methyl sites for hydroxylation is 1. The molecule has 0 aliphatic heterocycles. The fourth-order valence-electron chi connectivity index (χ4n) is 2.66. The van der Waals surface area contributed by atoms with Crippen molar-refractivity contribution >= 4 is 22.2 Å². The van der Waals surface area contributed by atoms with Crippen molar-refractivity contribution in [2.45, 2.75) is 58.4 Å². The highest BCUT2D eigenvalue weighted by Gasteiger charge is 2.24. The lowest BCUT2D eigenvalue weighted by Gasteiger charge is -2.17. The zero-order chi connectivity index (χ0) is 15.4. The number of carbonyl (C=O) groups is 1. The van der Waals surface area contributed by atoms with Gasteiger partial charge in [0.05, 0.1) is 11.6 Å². The number of nitriles is 1. The molecule has 0 aromatic carbocycles. The molecule has 0 saturated carbocycles. The molecule has 4 nitrogen and oxygen atoms in total. The highest BCUT2D eigenvalue weighted by Crippen LogP contribution is 2.37. The van der Waals surface area contributed by atoms with E-state index in [1.807, 2.05) is 13.8 Å². The zero-order valence-corrected chi connectivity index (χ0v) is 13.6. The number of hydrogen-bond donors (Lipinski definition) is 2. The van der Waals surface area contributed by atoms with Crippen molar-refractivity contribution in [2.75, 3.05) is 5.32 Å². The number of amides is 1. The van der Waals surface area contributed by atoms with Gasteiger partial charge in [0.25, 0.3) is 0 Å². The quantitative estimate of drug-likeness (QED) is 0.838. The summed E-state index contributed by atoms with van der Waals surface area (Å²) in [4.78, 5) is 13.5. The number of nitrogens with one attached hydrogen (secondary N) is 1. The molecule has 114 valence electrons. The van der Waals surface area contributed by atoms with E-state index in [4.69, 9.17) is 5.73 Å². The maximum atomic E-state index is 12.2. The first-order valence-corrected chi connectivity index (χ1v) is 8.51. The van der Waals surface area contributed by atoms with Crippen LogP contribution in [0, 0.1) is 17.2 Å². The lowest BCUT2D eigenvalue weighted by Crippen LogP contribution is -2.40. The van der Waals surface area contributed by atoms with Gasteiger partial charge >= 0.3 is 0 Å². The Morgan fingerprint density at radius 3 is 2.81 bits per heavy atom. The SMILES string of the molecule is CC[C@H](C)[C@H](N)C(=O)Nc1sc2c(c1C#N)CCCCC2. The van der Waals surface area contributed by atoms with Gasteiger partial charge in [0.15, 0.2) is 0 Å². The van der Waals surface area contributed by atoms with E-state index in [0.29, 0.717) is 10.6 Å². The molecule has 0 bridgehead atoms. The fraction of sp³-hybridized carbons (Fsp3) is 0.625. The van der Waals surface area contributed by atoms with E-state index in [0.717, 1.165) is 37.7 Å². The minimum atomic E-state index is -0.525. The Bertz CT molecular complexity index is 559. The highest BCUT2D eigenvalue weighted by atomic mass is 32.1. The Kier molecular flexibility index (Phi) is 5.38. The average Bonchev–Trinajstić information content (AvgIpc) is 2.65. The summed E-state index contributed by atoms with van der Waals surface area (Å²) in [6.07, 6.45) is 6.33. The lowest BCUT2D eigenvalue weighted by atomic mass is 9.99. The Morgan fingerprint density at radius 1 is 1.43 bits per heavy atom. The standard InChI is InChI=1S/C16H23N3OS/c1-3-10(2)14(18)15(20)19-16-12(9-17)11-7-5-4-6-8-13(11)21-16/h10,14H,3-8,18H2,1-2H3,(H,19,20)/t10-,14-/m0/s1. The van der Waals surface area contributed by atoms with Gasteiger partial charge in [0.1, 0.15) is 11.1 Å². The van der Waals surface area contributed by atoms with E-state index in [9.17, 15) is 10.1 Å². The number of anilines is 1. The van der Waals surface area contributed by atoms with Crippen LogP contribution in [0.2, 0.25) is 0 Å². The summed E-state index contributed by atoms with van der Waals surface area (Å²) >= 11 is 1.55. The number of thiophene rings is 1. The van der Waals surface area contributed by atoms with Gasteiger partial charge in [-0.05, 0) is 37.2 Å². The van der Waals surface area contributed by atoms with Crippen LogP contribution in [0.5, 0.6) is 0 Å². The van der Waals surface area contributed by atoms with Gasteiger partial charge in [-0.3, -0.25) is 4.79 Å². The first-order chi connectivity index (χ1) is 10.1. The summed E-state index contributed by atoms with van der Waals surface area (Å²) in [6.45, 7) is 3.99. The summed E-state index contributed by atoms with van der Waals surface area (Å²) in [5.74, 6) is -0.0504. The molecule has 1 heterocycles. The van der Waals surface area contributed by atoms with Gasteiger partial charge in [0, 0.05) is 4.88 Å². The van der Waals surface area contributed by atoms with Gasteiger partial charge in [-0.25, -0.2) is 0 Å². The molecule has 1 aliphatic rings. The molecule has 0 spiro atoms. The van der Waals surface area contributed by atoms with Crippen molar-refractivity contribution < 1.29 is 4.79 Å². The largest absolute Gasteiger partial charge is 0.320 e. The number of hydrogen-bond acceptors (Lipinski definition) is 4. The molecule has 0 fully saturated rings. The van der Waals surface area contributed by atoms with Gasteiger partial charge in [0.2, 0.25) is 5.91 Å². The highest BCUT2D eigenvalue weighted by molar-refractivity contribution is 7.16. The summed E-state index contributed by atoms with van der Waals surface area (Å²) < 4.78 is 0. The van der Waals surface area contributed by atoms with Crippen LogP contribution in [-0.4, -0.2) is 11.9 Å². The molecule has 3 N–H and O–H groups in total. The molecule has 2 rings (SSSR count). The third-order valence-electron chi connectivity index (χ3n) is 4.33. The molecule has 5 heteroatoms. The van der Waals surface area contributed by atoms with Crippen LogP contribution in [-0.2, 0) is 17.6 Å². The van der Waals surface area contributed by atoms with E-state index < -0.39 is 6.04 Å². The first kappa shape index (κ1) is 16.0. The van der Waals surface area contributed by atoms with Crippen molar-refractivity contribution in [1.29, 1.82) is 5.26 Å². The van der Waals surface area contributed by atoms with E-state index in [1.165, 1.54) is 11.3 Å². The minimum Gasteiger partial charge on any atom is -0.320 e. The van der Waals surface area contributed by atoms with Crippen LogP contribution < -0.4 is 11.1 Å². The second-order valence-corrected chi connectivity index (χ2v) is 6.89. The number of nitrogens with two attached hydrogens (primary N) is 1. The maximum absolute atomic E-state index is 12.2. The molecule has 21 heavy (non-hydrogen) atoms. The smallest absolute Gasteiger partial charge is 0.242 e. The number of nitrogens with zero attached hydrogens (tertiary/aromatic N) is 1. The van der Waals surface area contributed by atoms with Crippen LogP contribution in [0.4, 0.5) is 5.00 Å². The molecular weight excluding hydrogens is 282 g/mol. The van der Waals surface area contributed by atoms with Crippen LogP contribution in [0.3, 0.4) is 0 Å². The Balaban J connectivity index is 2.21. The predicted molar refractivity (Wildman–Crippen MR) is 86.4 cm³/mol. The molecule has 0 unspecified atom stereocenters. The van der Waals surface area contributed by atoms with E-state index in [-0.39, 0.29) is 11.8 Å². The average molecular weight is 305 g/mol. The Morgan fingerprint density at radius 2 is 2.14 bits per heavy atom. The molecule has 2 atom stereocenters. The second-order valence-electron chi connectivity index (χ2n) is 5.78. The minimum absolute atomic E-state index is 0.133. The third kappa shape index (κ3) is 3.45. The zero-order valence-electron chi connectivity index (χ0n) is 12.7. The van der Waals surface area contributed by atoms with Gasteiger partial charge < -0.3 is 11.1 Å².